The van der Waals surface area contributed by atoms with Crippen molar-refractivity contribution in [1.29, 1.82) is 0 Å². The van der Waals surface area contributed by atoms with Crippen LogP contribution in [0.4, 0.5) is 0 Å². The van der Waals surface area contributed by atoms with Gasteiger partial charge in [0.15, 0.2) is 0 Å². The number of amides is 2. The Balaban J connectivity index is 2.18. The largest absolute Gasteiger partial charge is 0.480 e. The third-order valence-electron chi connectivity index (χ3n) is 2.79. The minimum Gasteiger partial charge on any atom is -0.480 e. The van der Waals surface area contributed by atoms with Crippen LogP contribution in [0.1, 0.15) is 6.42 Å². The third-order valence-corrected chi connectivity index (χ3v) is 3.77. The molecular formula is C11H19N3O4S. The minimum atomic E-state index is -0.845. The molecule has 0 aliphatic carbocycles. The standard InChI is InChI=1S/C11H19N3O4S/c12-9(15)8-19-6-1-10(16)14-4-2-13(3-5-14)7-11(17)18/h1-8H2,(H2,12,15)(H,17,18). The molecule has 7 nitrogen and oxygen atoms in total. The molecular weight excluding hydrogens is 270 g/mol. The van der Waals surface area contributed by atoms with Crippen LogP contribution in [0.3, 0.4) is 0 Å². The van der Waals surface area contributed by atoms with Crippen molar-refractivity contribution in [3.8, 4) is 0 Å². The normalized spacial score (nSPS) is 16.3. The van der Waals surface area contributed by atoms with E-state index in [0.717, 1.165) is 0 Å². The molecule has 0 unspecified atom stereocenters. The first-order valence-corrected chi connectivity index (χ1v) is 7.22. The molecule has 0 spiro atoms. The number of primary amides is 1. The number of carboxylic acid groups (broad SMARTS) is 1. The Bertz CT molecular complexity index is 343. The molecule has 1 fully saturated rings. The maximum absolute atomic E-state index is 11.8. The van der Waals surface area contributed by atoms with Crippen LogP contribution in [-0.4, -0.2) is 76.9 Å². The zero-order valence-electron chi connectivity index (χ0n) is 10.7. The van der Waals surface area contributed by atoms with E-state index in [-0.39, 0.29) is 24.1 Å². The lowest BCUT2D eigenvalue weighted by Gasteiger charge is -2.33. The Labute approximate surface area is 116 Å². The second kappa shape index (κ2) is 8.00. The number of aliphatic carboxylic acids is 1. The van der Waals surface area contributed by atoms with Gasteiger partial charge in [0.05, 0.1) is 12.3 Å². The molecule has 1 rings (SSSR count). The lowest BCUT2D eigenvalue weighted by atomic mass is 10.3. The van der Waals surface area contributed by atoms with Gasteiger partial charge in [-0.05, 0) is 0 Å². The van der Waals surface area contributed by atoms with Crippen LogP contribution in [0.15, 0.2) is 0 Å². The highest BCUT2D eigenvalue weighted by molar-refractivity contribution is 7.99. The summed E-state index contributed by atoms with van der Waals surface area (Å²) in [5, 5.41) is 8.67. The smallest absolute Gasteiger partial charge is 0.317 e. The highest BCUT2D eigenvalue weighted by Gasteiger charge is 2.21. The van der Waals surface area contributed by atoms with Crippen molar-refractivity contribution >= 4 is 29.5 Å². The van der Waals surface area contributed by atoms with Crippen LogP contribution in [0.25, 0.3) is 0 Å². The summed E-state index contributed by atoms with van der Waals surface area (Å²) in [5.41, 5.74) is 5.00. The number of carboxylic acids is 1. The maximum Gasteiger partial charge on any atom is 0.317 e. The monoisotopic (exact) mass is 289 g/mol. The van der Waals surface area contributed by atoms with E-state index >= 15 is 0 Å². The van der Waals surface area contributed by atoms with E-state index in [2.05, 4.69) is 0 Å². The van der Waals surface area contributed by atoms with Crippen molar-refractivity contribution in [2.45, 2.75) is 6.42 Å². The summed E-state index contributed by atoms with van der Waals surface area (Å²) >= 11 is 1.35. The fourth-order valence-corrected chi connectivity index (χ4v) is 2.50. The van der Waals surface area contributed by atoms with Crippen LogP contribution < -0.4 is 5.73 Å². The lowest BCUT2D eigenvalue weighted by Crippen LogP contribution is -2.49. The SMILES string of the molecule is NC(=O)CSCCC(=O)N1CCN(CC(=O)O)CC1. The molecule has 1 aliphatic rings. The fourth-order valence-electron chi connectivity index (χ4n) is 1.84. The van der Waals surface area contributed by atoms with Gasteiger partial charge in [-0.15, -0.1) is 0 Å². The average Bonchev–Trinajstić information content (AvgIpc) is 2.34. The Hall–Kier alpha value is -1.28. The molecule has 108 valence electrons. The van der Waals surface area contributed by atoms with Gasteiger partial charge in [0.1, 0.15) is 0 Å². The molecule has 0 bridgehead atoms. The zero-order chi connectivity index (χ0) is 14.3. The molecule has 19 heavy (non-hydrogen) atoms. The molecule has 0 aromatic heterocycles. The Morgan fingerprint density at radius 3 is 2.32 bits per heavy atom. The van der Waals surface area contributed by atoms with Crippen molar-refractivity contribution < 1.29 is 19.5 Å². The van der Waals surface area contributed by atoms with Crippen molar-refractivity contribution in [2.75, 3.05) is 44.2 Å². The van der Waals surface area contributed by atoms with Crippen molar-refractivity contribution in [2.24, 2.45) is 5.73 Å². The number of thioether (sulfide) groups is 1. The Morgan fingerprint density at radius 1 is 1.16 bits per heavy atom. The highest BCUT2D eigenvalue weighted by atomic mass is 32.2. The van der Waals surface area contributed by atoms with Gasteiger partial charge in [-0.2, -0.15) is 11.8 Å². The summed E-state index contributed by atoms with van der Waals surface area (Å²) in [4.78, 5) is 36.5. The van der Waals surface area contributed by atoms with Crippen LogP contribution in [0.2, 0.25) is 0 Å². The number of piperazine rings is 1. The van der Waals surface area contributed by atoms with Crippen LogP contribution in [0.5, 0.6) is 0 Å². The van der Waals surface area contributed by atoms with Crippen molar-refractivity contribution in [3.63, 3.8) is 0 Å². The first kappa shape index (κ1) is 15.8. The molecule has 8 heteroatoms. The average molecular weight is 289 g/mol. The van der Waals surface area contributed by atoms with E-state index < -0.39 is 5.97 Å². The number of nitrogens with zero attached hydrogens (tertiary/aromatic N) is 2. The molecule has 1 aliphatic heterocycles. The molecule has 0 aromatic carbocycles. The molecule has 0 atom stereocenters. The van der Waals surface area contributed by atoms with E-state index in [0.29, 0.717) is 38.4 Å². The first-order chi connectivity index (χ1) is 8.99. The van der Waals surface area contributed by atoms with Gasteiger partial charge >= 0.3 is 5.97 Å². The van der Waals surface area contributed by atoms with Gasteiger partial charge in [0, 0.05) is 38.4 Å². The summed E-state index contributed by atoms with van der Waals surface area (Å²) in [6.45, 7) is 2.33. The molecule has 0 saturated carbocycles. The van der Waals surface area contributed by atoms with Gasteiger partial charge in [-0.1, -0.05) is 0 Å². The third kappa shape index (κ3) is 6.44. The summed E-state index contributed by atoms with van der Waals surface area (Å²) in [6.07, 6.45) is 0.386. The molecule has 2 amide bonds. The van der Waals surface area contributed by atoms with Crippen LogP contribution in [-0.2, 0) is 14.4 Å². The minimum absolute atomic E-state index is 0.0243. The number of nitrogens with two attached hydrogens (primary N) is 1. The predicted octanol–water partition coefficient (Wildman–Crippen LogP) is -1.18. The van der Waals surface area contributed by atoms with Crippen molar-refractivity contribution in [3.05, 3.63) is 0 Å². The van der Waals surface area contributed by atoms with E-state index in [1.54, 1.807) is 4.90 Å². The number of rotatable bonds is 7. The first-order valence-electron chi connectivity index (χ1n) is 6.07. The number of carbonyl (C=O) groups excluding carboxylic acids is 2. The second-order valence-electron chi connectivity index (χ2n) is 4.32. The summed E-state index contributed by atoms with van der Waals surface area (Å²) < 4.78 is 0. The Kier molecular flexibility index (Phi) is 6.65. The summed E-state index contributed by atoms with van der Waals surface area (Å²) in [7, 11) is 0. The molecule has 0 aromatic rings. The molecule has 0 radical (unpaired) electrons. The van der Waals surface area contributed by atoms with Gasteiger partial charge in [-0.25, -0.2) is 0 Å². The van der Waals surface area contributed by atoms with Crippen LogP contribution in [0, 0.1) is 0 Å². The lowest BCUT2D eigenvalue weighted by molar-refractivity contribution is -0.139. The van der Waals surface area contributed by atoms with Crippen molar-refractivity contribution in [1.82, 2.24) is 9.80 Å². The molecule has 3 N–H and O–H groups in total. The molecule has 1 heterocycles. The van der Waals surface area contributed by atoms with E-state index in [1.165, 1.54) is 11.8 Å². The second-order valence-corrected chi connectivity index (χ2v) is 5.42. The Morgan fingerprint density at radius 2 is 1.79 bits per heavy atom. The topological polar surface area (TPSA) is 104 Å². The quantitative estimate of drug-likeness (QED) is 0.572. The highest BCUT2D eigenvalue weighted by Crippen LogP contribution is 2.07. The van der Waals surface area contributed by atoms with Crippen LogP contribution >= 0.6 is 11.8 Å². The molecule has 1 saturated heterocycles. The summed E-state index contributed by atoms with van der Waals surface area (Å²) in [6, 6.07) is 0. The number of carbonyl (C=O) groups is 3. The van der Waals surface area contributed by atoms with Gasteiger partial charge in [0.25, 0.3) is 0 Å². The number of hydrogen-bond donors (Lipinski definition) is 2. The van der Waals surface area contributed by atoms with Gasteiger partial charge < -0.3 is 15.7 Å². The summed E-state index contributed by atoms with van der Waals surface area (Å²) in [5.74, 6) is -0.356. The van der Waals surface area contributed by atoms with Gasteiger partial charge in [0.2, 0.25) is 11.8 Å². The van der Waals surface area contributed by atoms with E-state index in [1.807, 2.05) is 4.90 Å². The fraction of sp³-hybridized carbons (Fsp3) is 0.727. The predicted molar refractivity (Wildman–Crippen MR) is 71.8 cm³/mol. The zero-order valence-corrected chi connectivity index (χ0v) is 11.5. The maximum atomic E-state index is 11.8. The number of hydrogen-bond acceptors (Lipinski definition) is 5. The van der Waals surface area contributed by atoms with Gasteiger partial charge in [-0.3, -0.25) is 19.3 Å². The van der Waals surface area contributed by atoms with E-state index in [4.69, 9.17) is 10.8 Å². The van der Waals surface area contributed by atoms with E-state index in [9.17, 15) is 14.4 Å².